The van der Waals surface area contributed by atoms with Crippen LogP contribution in [0.5, 0.6) is 5.88 Å². The van der Waals surface area contributed by atoms with Gasteiger partial charge in [-0.2, -0.15) is 0 Å². The van der Waals surface area contributed by atoms with E-state index in [9.17, 15) is 5.11 Å². The van der Waals surface area contributed by atoms with Crippen LogP contribution in [0.1, 0.15) is 13.8 Å². The number of hydrogen-bond donors (Lipinski definition) is 2. The van der Waals surface area contributed by atoms with Gasteiger partial charge in [-0.1, -0.05) is 6.92 Å². The number of nitrogen functional groups attached to an aromatic ring is 1. The summed E-state index contributed by atoms with van der Waals surface area (Å²) in [5, 5.41) is 10.2. The molecule has 0 fully saturated rings. The summed E-state index contributed by atoms with van der Waals surface area (Å²) in [6.45, 7) is 3.70. The second-order valence-corrected chi connectivity index (χ2v) is 4.71. The van der Waals surface area contributed by atoms with Crippen LogP contribution in [0.15, 0.2) is 17.2 Å². The van der Waals surface area contributed by atoms with Crippen LogP contribution in [-0.4, -0.2) is 28.6 Å². The summed E-state index contributed by atoms with van der Waals surface area (Å²) in [5.74, 6) is 0.429. The van der Waals surface area contributed by atoms with Crippen LogP contribution in [0.2, 0.25) is 0 Å². The Bertz CT molecular complexity index is 331. The van der Waals surface area contributed by atoms with Crippen molar-refractivity contribution in [2.45, 2.75) is 30.2 Å². The number of methoxy groups -OCH3 is 1. The van der Waals surface area contributed by atoms with Gasteiger partial charge < -0.3 is 15.6 Å². The van der Waals surface area contributed by atoms with Crippen molar-refractivity contribution in [3.8, 4) is 5.88 Å². The molecule has 0 amide bonds. The molecular formula is C10H16N2O2S. The maximum absolute atomic E-state index is 9.36. The van der Waals surface area contributed by atoms with Crippen molar-refractivity contribution in [1.82, 2.24) is 4.98 Å². The van der Waals surface area contributed by atoms with Crippen LogP contribution in [0, 0.1) is 0 Å². The molecule has 15 heavy (non-hydrogen) atoms. The van der Waals surface area contributed by atoms with Gasteiger partial charge in [0.25, 0.3) is 0 Å². The van der Waals surface area contributed by atoms with Gasteiger partial charge in [0.2, 0.25) is 5.88 Å². The summed E-state index contributed by atoms with van der Waals surface area (Å²) in [5.41, 5.74) is 6.16. The maximum atomic E-state index is 9.36. The number of nitrogens with zero attached hydrogens (tertiary/aromatic N) is 1. The third-order valence-corrected chi connectivity index (χ3v) is 3.28. The molecule has 1 rings (SSSR count). The molecule has 0 aliphatic heterocycles. The van der Waals surface area contributed by atoms with Crippen LogP contribution in [-0.2, 0) is 0 Å². The number of thioether (sulfide) groups is 1. The molecule has 0 bridgehead atoms. The largest absolute Gasteiger partial charge is 0.480 e. The number of anilines is 1. The number of ether oxygens (including phenoxy) is 1. The topological polar surface area (TPSA) is 68.4 Å². The lowest BCUT2D eigenvalue weighted by molar-refractivity contribution is 0.196. The number of pyridine rings is 1. The quantitative estimate of drug-likeness (QED) is 0.765. The van der Waals surface area contributed by atoms with E-state index in [1.165, 1.54) is 18.9 Å². The Labute approximate surface area is 93.8 Å². The Morgan fingerprint density at radius 2 is 2.13 bits per heavy atom. The van der Waals surface area contributed by atoms with Crippen molar-refractivity contribution < 1.29 is 9.84 Å². The van der Waals surface area contributed by atoms with E-state index in [0.717, 1.165) is 5.03 Å². The Morgan fingerprint density at radius 3 is 2.67 bits per heavy atom. The van der Waals surface area contributed by atoms with Crippen molar-refractivity contribution in [3.05, 3.63) is 12.1 Å². The van der Waals surface area contributed by atoms with Crippen molar-refractivity contribution in [2.75, 3.05) is 12.8 Å². The molecule has 2 atom stereocenters. The van der Waals surface area contributed by atoms with Gasteiger partial charge in [0.15, 0.2) is 0 Å². The fourth-order valence-electron chi connectivity index (χ4n) is 0.952. The molecule has 84 valence electrons. The minimum absolute atomic E-state index is 0.0887. The third-order valence-electron chi connectivity index (χ3n) is 2.04. The van der Waals surface area contributed by atoms with Crippen LogP contribution < -0.4 is 10.5 Å². The Hall–Kier alpha value is -0.940. The Morgan fingerprint density at radius 1 is 1.47 bits per heavy atom. The molecule has 0 aliphatic rings. The minimum Gasteiger partial charge on any atom is -0.480 e. The first-order valence-electron chi connectivity index (χ1n) is 4.70. The van der Waals surface area contributed by atoms with E-state index < -0.39 is 0 Å². The van der Waals surface area contributed by atoms with Gasteiger partial charge in [-0.25, -0.2) is 4.98 Å². The zero-order valence-corrected chi connectivity index (χ0v) is 9.91. The molecule has 1 aromatic rings. The number of nitrogens with two attached hydrogens (primary N) is 1. The number of aliphatic hydroxyl groups is 1. The molecule has 0 saturated heterocycles. The SMILES string of the molecule is COc1nc(SC(C)C(C)O)ccc1N. The van der Waals surface area contributed by atoms with E-state index in [2.05, 4.69) is 4.98 Å². The highest BCUT2D eigenvalue weighted by Crippen LogP contribution is 2.27. The lowest BCUT2D eigenvalue weighted by atomic mass is 10.3. The zero-order valence-electron chi connectivity index (χ0n) is 9.10. The van der Waals surface area contributed by atoms with Crippen molar-refractivity contribution in [3.63, 3.8) is 0 Å². The molecule has 1 aromatic heterocycles. The first-order valence-corrected chi connectivity index (χ1v) is 5.57. The average molecular weight is 228 g/mol. The fourth-order valence-corrected chi connectivity index (χ4v) is 1.81. The lowest BCUT2D eigenvalue weighted by Crippen LogP contribution is -2.15. The minimum atomic E-state index is -0.375. The zero-order chi connectivity index (χ0) is 11.4. The van der Waals surface area contributed by atoms with Crippen LogP contribution in [0.4, 0.5) is 5.69 Å². The highest BCUT2D eigenvalue weighted by Gasteiger charge is 2.12. The molecule has 0 radical (unpaired) electrons. The molecule has 2 unspecified atom stereocenters. The summed E-state index contributed by atoms with van der Waals surface area (Å²) in [7, 11) is 1.53. The lowest BCUT2D eigenvalue weighted by Gasteiger charge is -2.14. The van der Waals surface area contributed by atoms with E-state index in [1.54, 1.807) is 13.0 Å². The summed E-state index contributed by atoms with van der Waals surface area (Å²) < 4.78 is 5.02. The Balaban J connectivity index is 2.78. The summed E-state index contributed by atoms with van der Waals surface area (Å²) in [4.78, 5) is 4.22. The molecule has 5 heteroatoms. The van der Waals surface area contributed by atoms with Gasteiger partial charge in [-0.3, -0.25) is 0 Å². The molecule has 0 spiro atoms. The third kappa shape index (κ3) is 3.28. The van der Waals surface area contributed by atoms with Gasteiger partial charge in [-0.15, -0.1) is 11.8 Å². The van der Waals surface area contributed by atoms with Crippen LogP contribution in [0.25, 0.3) is 0 Å². The molecule has 1 heterocycles. The first kappa shape index (κ1) is 12.1. The monoisotopic (exact) mass is 228 g/mol. The van der Waals surface area contributed by atoms with Crippen molar-refractivity contribution in [2.24, 2.45) is 0 Å². The summed E-state index contributed by atoms with van der Waals surface area (Å²) in [6, 6.07) is 3.57. The predicted octanol–water partition coefficient (Wildman–Crippen LogP) is 1.53. The standard InChI is InChI=1S/C10H16N2O2S/c1-6(13)7(2)15-9-5-4-8(11)10(12-9)14-3/h4-7,13H,11H2,1-3H3. The maximum Gasteiger partial charge on any atom is 0.237 e. The van der Waals surface area contributed by atoms with E-state index in [-0.39, 0.29) is 11.4 Å². The fraction of sp³-hybridized carbons (Fsp3) is 0.500. The molecule has 3 N–H and O–H groups in total. The molecule has 0 aliphatic carbocycles. The van der Waals surface area contributed by atoms with Crippen molar-refractivity contribution in [1.29, 1.82) is 0 Å². The second-order valence-electron chi connectivity index (χ2n) is 3.31. The van der Waals surface area contributed by atoms with Crippen LogP contribution >= 0.6 is 11.8 Å². The van der Waals surface area contributed by atoms with E-state index >= 15 is 0 Å². The molecule has 4 nitrogen and oxygen atoms in total. The highest BCUT2D eigenvalue weighted by molar-refractivity contribution is 7.99. The second kappa shape index (κ2) is 5.23. The van der Waals surface area contributed by atoms with Gasteiger partial charge in [0.05, 0.1) is 18.9 Å². The van der Waals surface area contributed by atoms with Crippen LogP contribution in [0.3, 0.4) is 0 Å². The molecular weight excluding hydrogens is 212 g/mol. The van der Waals surface area contributed by atoms with E-state index in [0.29, 0.717) is 11.6 Å². The van der Waals surface area contributed by atoms with E-state index in [1.807, 2.05) is 13.0 Å². The smallest absolute Gasteiger partial charge is 0.237 e. The predicted molar refractivity (Wildman–Crippen MR) is 62.2 cm³/mol. The van der Waals surface area contributed by atoms with Crippen molar-refractivity contribution >= 4 is 17.4 Å². The highest BCUT2D eigenvalue weighted by atomic mass is 32.2. The van der Waals surface area contributed by atoms with Gasteiger partial charge in [-0.05, 0) is 19.1 Å². The van der Waals surface area contributed by atoms with Gasteiger partial charge in [0, 0.05) is 5.25 Å². The number of rotatable bonds is 4. The summed E-state index contributed by atoms with van der Waals surface area (Å²) >= 11 is 1.49. The average Bonchev–Trinajstić information content (AvgIpc) is 2.20. The number of hydrogen-bond acceptors (Lipinski definition) is 5. The molecule has 0 aromatic carbocycles. The number of aliphatic hydroxyl groups excluding tert-OH is 1. The molecule has 0 saturated carbocycles. The normalized spacial score (nSPS) is 14.7. The first-order chi connectivity index (χ1) is 7.04. The van der Waals surface area contributed by atoms with E-state index in [4.69, 9.17) is 10.5 Å². The summed E-state index contributed by atoms with van der Waals surface area (Å²) in [6.07, 6.45) is -0.375. The van der Waals surface area contributed by atoms with Gasteiger partial charge >= 0.3 is 0 Å². The van der Waals surface area contributed by atoms with Gasteiger partial charge in [0.1, 0.15) is 5.03 Å². The Kier molecular flexibility index (Phi) is 4.23. The number of aromatic nitrogens is 1.